The second-order valence-electron chi connectivity index (χ2n) is 9.90. The van der Waals surface area contributed by atoms with Crippen LogP contribution in [0.4, 0.5) is 0 Å². The second kappa shape index (κ2) is 12.3. The number of nitrogens with one attached hydrogen (secondary N) is 1. The normalized spacial score (nSPS) is 22.6. The molecule has 1 aliphatic rings. The lowest BCUT2D eigenvalue weighted by Gasteiger charge is -2.46. The van der Waals surface area contributed by atoms with Gasteiger partial charge in [0, 0.05) is 18.7 Å². The Hall–Kier alpha value is -2.94. The van der Waals surface area contributed by atoms with Crippen LogP contribution in [-0.2, 0) is 15.9 Å². The number of methoxy groups -OCH3 is 1. The van der Waals surface area contributed by atoms with Gasteiger partial charge in [0.1, 0.15) is 24.1 Å². The van der Waals surface area contributed by atoms with Crippen LogP contribution < -0.4 is 10.1 Å². The number of aliphatic hydroxyl groups is 2. The van der Waals surface area contributed by atoms with Crippen molar-refractivity contribution in [3.63, 3.8) is 0 Å². The van der Waals surface area contributed by atoms with Gasteiger partial charge in [-0.3, -0.25) is 4.79 Å². The lowest BCUT2D eigenvalue weighted by Crippen LogP contribution is -2.63. The van der Waals surface area contributed by atoms with Gasteiger partial charge in [0.2, 0.25) is 6.29 Å². The molecule has 0 unspecified atom stereocenters. The summed E-state index contributed by atoms with van der Waals surface area (Å²) in [5.41, 5.74) is 2.24. The van der Waals surface area contributed by atoms with Crippen LogP contribution in [0.3, 0.4) is 0 Å². The van der Waals surface area contributed by atoms with Crippen LogP contribution in [-0.4, -0.2) is 60.0 Å². The number of halogens is 1. The maximum atomic E-state index is 13.3. The van der Waals surface area contributed by atoms with Gasteiger partial charge in [0.05, 0.1) is 11.2 Å². The Morgan fingerprint density at radius 1 is 1.03 bits per heavy atom. The maximum Gasteiger partial charge on any atom is 0.252 e. The number of aliphatic hydroxyl groups excluding tert-OH is 2. The molecule has 8 heteroatoms. The van der Waals surface area contributed by atoms with E-state index in [9.17, 15) is 15.0 Å². The van der Waals surface area contributed by atoms with Gasteiger partial charge in [-0.05, 0) is 73.7 Å². The predicted octanol–water partition coefficient (Wildman–Crippen LogP) is 4.62. The molecule has 3 N–H and O–H groups in total. The number of rotatable bonds is 9. The van der Waals surface area contributed by atoms with Crippen molar-refractivity contribution in [2.75, 3.05) is 13.7 Å². The Kier molecular flexibility index (Phi) is 9.07. The number of ether oxygens (including phenoxy) is 3. The fourth-order valence-electron chi connectivity index (χ4n) is 4.74. The minimum absolute atomic E-state index is 0.251. The molecule has 38 heavy (non-hydrogen) atoms. The van der Waals surface area contributed by atoms with Crippen LogP contribution in [0.5, 0.6) is 5.75 Å². The van der Waals surface area contributed by atoms with E-state index < -0.39 is 30.2 Å². The zero-order chi connectivity index (χ0) is 27.3. The van der Waals surface area contributed by atoms with E-state index in [2.05, 4.69) is 17.4 Å². The number of carbonyl (C=O) groups excluding carboxylic acids is 1. The summed E-state index contributed by atoms with van der Waals surface area (Å²) in [6, 6.07) is 22.5. The summed E-state index contributed by atoms with van der Waals surface area (Å²) in [6.07, 6.45) is -2.81. The van der Waals surface area contributed by atoms with Crippen LogP contribution in [0, 0.1) is 0 Å². The topological polar surface area (TPSA) is 97.3 Å². The molecule has 0 bridgehead atoms. The molecule has 0 spiro atoms. The molecule has 4 atom stereocenters. The average Bonchev–Trinajstić information content (AvgIpc) is 2.90. The molecule has 1 fully saturated rings. The van der Waals surface area contributed by atoms with Gasteiger partial charge in [0.25, 0.3) is 5.91 Å². The summed E-state index contributed by atoms with van der Waals surface area (Å²) < 4.78 is 17.2. The molecule has 0 aliphatic carbocycles. The molecule has 0 saturated carbocycles. The van der Waals surface area contributed by atoms with Crippen molar-refractivity contribution in [2.24, 2.45) is 0 Å². The molecule has 0 radical (unpaired) electrons. The van der Waals surface area contributed by atoms with Crippen molar-refractivity contribution in [3.05, 3.63) is 88.9 Å². The fourth-order valence-corrected chi connectivity index (χ4v) is 4.86. The Balaban J connectivity index is 1.54. The molecular formula is C30H34ClNO6. The zero-order valence-electron chi connectivity index (χ0n) is 21.8. The van der Waals surface area contributed by atoms with Crippen LogP contribution in [0.2, 0.25) is 5.02 Å². The lowest BCUT2D eigenvalue weighted by molar-refractivity contribution is -0.305. The average molecular weight is 540 g/mol. The van der Waals surface area contributed by atoms with E-state index in [1.807, 2.05) is 30.3 Å². The van der Waals surface area contributed by atoms with Gasteiger partial charge in [-0.25, -0.2) is 0 Å². The molecule has 7 nitrogen and oxygen atoms in total. The highest BCUT2D eigenvalue weighted by Gasteiger charge is 2.50. The van der Waals surface area contributed by atoms with Crippen LogP contribution in [0.15, 0.2) is 72.8 Å². The van der Waals surface area contributed by atoms with Crippen molar-refractivity contribution < 1.29 is 29.2 Å². The summed E-state index contributed by atoms with van der Waals surface area (Å²) in [5.74, 6) is 0.0680. The molecule has 0 aromatic heterocycles. The highest BCUT2D eigenvalue weighted by molar-refractivity contribution is 6.30. The Morgan fingerprint density at radius 3 is 2.42 bits per heavy atom. The first-order valence-corrected chi connectivity index (χ1v) is 13.0. The summed E-state index contributed by atoms with van der Waals surface area (Å²) in [4.78, 5) is 13.3. The van der Waals surface area contributed by atoms with Crippen LogP contribution >= 0.6 is 11.6 Å². The third kappa shape index (κ3) is 6.54. The number of amides is 1. The quantitative estimate of drug-likeness (QED) is 0.343. The van der Waals surface area contributed by atoms with E-state index >= 15 is 0 Å². The molecule has 4 rings (SSSR count). The summed E-state index contributed by atoms with van der Waals surface area (Å²) in [7, 11) is 1.45. The lowest BCUT2D eigenvalue weighted by atomic mass is 9.89. The molecule has 3 aromatic rings. The van der Waals surface area contributed by atoms with Gasteiger partial charge in [-0.15, -0.1) is 0 Å². The number of hydrogen-bond donors (Lipinski definition) is 3. The van der Waals surface area contributed by atoms with E-state index in [1.165, 1.54) is 12.7 Å². The first-order chi connectivity index (χ1) is 18.2. The Bertz CT molecular complexity index is 1220. The smallest absolute Gasteiger partial charge is 0.252 e. The number of aryl methyl sites for hydroxylation is 1. The second-order valence-corrected chi connectivity index (χ2v) is 10.3. The van der Waals surface area contributed by atoms with Crippen molar-refractivity contribution in [3.8, 4) is 16.9 Å². The third-order valence-corrected chi connectivity index (χ3v) is 6.96. The van der Waals surface area contributed by atoms with Crippen molar-refractivity contribution >= 4 is 17.5 Å². The molecule has 3 aromatic carbocycles. The van der Waals surface area contributed by atoms with Crippen molar-refractivity contribution in [1.29, 1.82) is 0 Å². The highest BCUT2D eigenvalue weighted by atomic mass is 35.5. The van der Waals surface area contributed by atoms with Gasteiger partial charge in [-0.1, -0.05) is 54.1 Å². The zero-order valence-corrected chi connectivity index (χ0v) is 22.5. The molecule has 1 heterocycles. The molecule has 1 aliphatic heterocycles. The number of carbonyl (C=O) groups is 1. The Labute approximate surface area is 228 Å². The Morgan fingerprint density at radius 2 is 1.74 bits per heavy atom. The summed E-state index contributed by atoms with van der Waals surface area (Å²) in [6.45, 7) is 4.01. The van der Waals surface area contributed by atoms with E-state index in [0.29, 0.717) is 28.4 Å². The SMILES string of the molecule is CO[C@@H]1[C@@H](O)[C@@H](O)[C@H](Oc2ccc(-c3ccc(Cl)cc3)c(C(=O)NCCCc3ccccc3)c2)OC1(C)C. The standard InChI is InChI=1S/C30H34ClNO6/c1-30(2)27(36-3)25(33)26(34)29(38-30)37-22-15-16-23(20-11-13-21(31)14-12-20)24(18-22)28(35)32-17-7-10-19-8-5-4-6-9-19/h4-6,8-9,11-16,18,25-27,29,33-34H,7,10,17H2,1-3H3,(H,32,35)/t25-,26+,27+,29+/m0/s1. The fraction of sp³-hybridized carbons (Fsp3) is 0.367. The minimum Gasteiger partial charge on any atom is -0.462 e. The molecule has 1 saturated heterocycles. The monoisotopic (exact) mass is 539 g/mol. The van der Waals surface area contributed by atoms with Gasteiger partial charge >= 0.3 is 0 Å². The summed E-state index contributed by atoms with van der Waals surface area (Å²) in [5, 5.41) is 24.8. The summed E-state index contributed by atoms with van der Waals surface area (Å²) >= 11 is 6.07. The first-order valence-electron chi connectivity index (χ1n) is 12.6. The molecule has 202 valence electrons. The van der Waals surface area contributed by atoms with Gasteiger partial charge < -0.3 is 29.7 Å². The van der Waals surface area contributed by atoms with E-state index in [-0.39, 0.29) is 5.91 Å². The van der Waals surface area contributed by atoms with E-state index in [0.717, 1.165) is 18.4 Å². The van der Waals surface area contributed by atoms with E-state index in [4.69, 9.17) is 25.8 Å². The molecule has 1 amide bonds. The third-order valence-electron chi connectivity index (χ3n) is 6.71. The highest BCUT2D eigenvalue weighted by Crippen LogP contribution is 2.34. The van der Waals surface area contributed by atoms with Gasteiger partial charge in [-0.2, -0.15) is 0 Å². The predicted molar refractivity (Wildman–Crippen MR) is 146 cm³/mol. The van der Waals surface area contributed by atoms with Crippen molar-refractivity contribution in [1.82, 2.24) is 5.32 Å². The number of benzene rings is 3. The van der Waals surface area contributed by atoms with E-state index in [1.54, 1.807) is 44.2 Å². The number of hydrogen-bond acceptors (Lipinski definition) is 6. The molecular weight excluding hydrogens is 506 g/mol. The largest absolute Gasteiger partial charge is 0.462 e. The first kappa shape index (κ1) is 28.1. The van der Waals surface area contributed by atoms with Crippen LogP contribution in [0.1, 0.15) is 36.2 Å². The van der Waals surface area contributed by atoms with Crippen molar-refractivity contribution in [2.45, 2.75) is 56.9 Å². The maximum absolute atomic E-state index is 13.3. The van der Waals surface area contributed by atoms with Gasteiger partial charge in [0.15, 0.2) is 0 Å². The minimum atomic E-state index is -1.35. The van der Waals surface area contributed by atoms with Crippen LogP contribution in [0.25, 0.3) is 11.1 Å².